The average molecular weight is 292 g/mol. The molecule has 0 heterocycles. The van der Waals surface area contributed by atoms with Gasteiger partial charge >= 0.3 is 0 Å². The number of hydrogen-bond acceptors (Lipinski definition) is 3. The third kappa shape index (κ3) is 5.33. The summed E-state index contributed by atoms with van der Waals surface area (Å²) in [4.78, 5) is 2.40. The van der Waals surface area contributed by atoms with Crippen molar-refractivity contribution in [1.29, 1.82) is 0 Å². The molecule has 0 amide bonds. The minimum absolute atomic E-state index is 0.196. The van der Waals surface area contributed by atoms with E-state index in [1.165, 1.54) is 11.1 Å². The molecular weight excluding hydrogens is 260 g/mol. The van der Waals surface area contributed by atoms with Crippen LogP contribution in [0.4, 0.5) is 0 Å². The van der Waals surface area contributed by atoms with E-state index in [1.54, 1.807) is 7.11 Å². The monoisotopic (exact) mass is 292 g/mol. The predicted molar refractivity (Wildman–Crippen MR) is 90.8 cm³/mol. The van der Waals surface area contributed by atoms with E-state index in [0.29, 0.717) is 0 Å². The molecule has 120 valence electrons. The van der Waals surface area contributed by atoms with E-state index in [9.17, 15) is 0 Å². The van der Waals surface area contributed by atoms with Crippen LogP contribution in [-0.4, -0.2) is 31.1 Å². The van der Waals surface area contributed by atoms with Crippen LogP contribution in [-0.2, 0) is 13.1 Å². The Hall–Kier alpha value is -1.06. The molecule has 1 rings (SSSR count). The van der Waals surface area contributed by atoms with Gasteiger partial charge in [-0.15, -0.1) is 0 Å². The maximum absolute atomic E-state index is 5.53. The van der Waals surface area contributed by atoms with Crippen LogP contribution in [0, 0.1) is 0 Å². The molecule has 3 heteroatoms. The Kier molecular flexibility index (Phi) is 7.20. The third-order valence-corrected chi connectivity index (χ3v) is 4.41. The van der Waals surface area contributed by atoms with Crippen LogP contribution in [0.15, 0.2) is 18.2 Å². The van der Waals surface area contributed by atoms with Crippen molar-refractivity contribution >= 4 is 0 Å². The van der Waals surface area contributed by atoms with Crippen molar-refractivity contribution in [3.63, 3.8) is 0 Å². The summed E-state index contributed by atoms with van der Waals surface area (Å²) in [5.74, 6) is 0.980. The lowest BCUT2D eigenvalue weighted by molar-refractivity contribution is 0.141. The van der Waals surface area contributed by atoms with Gasteiger partial charge in [0.1, 0.15) is 5.75 Å². The SMILES string of the molecule is CCCNCc1ccc(OC)c(CN(C)C(C)(C)CC)c1. The van der Waals surface area contributed by atoms with E-state index in [0.717, 1.165) is 38.2 Å². The molecule has 0 saturated carbocycles. The van der Waals surface area contributed by atoms with Gasteiger partial charge in [0, 0.05) is 24.2 Å². The van der Waals surface area contributed by atoms with E-state index in [1.807, 2.05) is 0 Å². The fourth-order valence-corrected chi connectivity index (χ4v) is 2.21. The highest BCUT2D eigenvalue weighted by Gasteiger charge is 2.22. The van der Waals surface area contributed by atoms with Gasteiger partial charge in [-0.1, -0.05) is 19.9 Å². The molecule has 0 spiro atoms. The largest absolute Gasteiger partial charge is 0.496 e. The first-order chi connectivity index (χ1) is 9.94. The number of methoxy groups -OCH3 is 1. The lowest BCUT2D eigenvalue weighted by atomic mass is 9.98. The molecule has 0 aromatic heterocycles. The molecule has 3 nitrogen and oxygen atoms in total. The van der Waals surface area contributed by atoms with Gasteiger partial charge in [-0.2, -0.15) is 0 Å². The molecule has 0 radical (unpaired) electrons. The van der Waals surface area contributed by atoms with Gasteiger partial charge in [0.25, 0.3) is 0 Å². The summed E-state index contributed by atoms with van der Waals surface area (Å²) in [6.07, 6.45) is 2.29. The van der Waals surface area contributed by atoms with Crippen LogP contribution in [0.2, 0.25) is 0 Å². The number of ether oxygens (including phenoxy) is 1. The smallest absolute Gasteiger partial charge is 0.123 e. The molecule has 0 bridgehead atoms. The Morgan fingerprint density at radius 1 is 1.24 bits per heavy atom. The maximum Gasteiger partial charge on any atom is 0.123 e. The molecule has 0 fully saturated rings. The zero-order valence-electron chi connectivity index (χ0n) is 14.6. The molecule has 0 aliphatic heterocycles. The van der Waals surface area contributed by atoms with Gasteiger partial charge in [-0.3, -0.25) is 4.90 Å². The second-order valence-corrected chi connectivity index (χ2v) is 6.35. The Balaban J connectivity index is 2.85. The van der Waals surface area contributed by atoms with Gasteiger partial charge in [0.2, 0.25) is 0 Å². The number of nitrogens with one attached hydrogen (secondary N) is 1. The van der Waals surface area contributed by atoms with Crippen LogP contribution < -0.4 is 10.1 Å². The molecule has 0 unspecified atom stereocenters. The van der Waals surface area contributed by atoms with E-state index in [4.69, 9.17) is 4.74 Å². The first-order valence-electron chi connectivity index (χ1n) is 8.02. The van der Waals surface area contributed by atoms with Crippen molar-refractivity contribution in [2.75, 3.05) is 20.7 Å². The van der Waals surface area contributed by atoms with Gasteiger partial charge in [0.05, 0.1) is 7.11 Å². The van der Waals surface area contributed by atoms with Crippen LogP contribution in [0.25, 0.3) is 0 Å². The molecule has 0 atom stereocenters. The zero-order valence-corrected chi connectivity index (χ0v) is 14.6. The Morgan fingerprint density at radius 2 is 1.95 bits per heavy atom. The van der Waals surface area contributed by atoms with Crippen molar-refractivity contribution in [3.05, 3.63) is 29.3 Å². The van der Waals surface area contributed by atoms with Gasteiger partial charge in [-0.05, 0) is 58.0 Å². The highest BCUT2D eigenvalue weighted by atomic mass is 16.5. The molecule has 0 saturated heterocycles. The van der Waals surface area contributed by atoms with E-state index >= 15 is 0 Å². The molecule has 0 aliphatic rings. The third-order valence-electron chi connectivity index (χ3n) is 4.41. The van der Waals surface area contributed by atoms with Crippen molar-refractivity contribution in [3.8, 4) is 5.75 Å². The first-order valence-corrected chi connectivity index (χ1v) is 8.02. The van der Waals surface area contributed by atoms with Gasteiger partial charge < -0.3 is 10.1 Å². The molecule has 1 N–H and O–H groups in total. The molecular formula is C18H32N2O. The molecule has 21 heavy (non-hydrogen) atoms. The lowest BCUT2D eigenvalue weighted by Crippen LogP contribution is -2.39. The fraction of sp³-hybridized carbons (Fsp3) is 0.667. The summed E-state index contributed by atoms with van der Waals surface area (Å²) in [5.41, 5.74) is 2.78. The number of rotatable bonds is 9. The van der Waals surface area contributed by atoms with Crippen LogP contribution >= 0.6 is 0 Å². The number of nitrogens with zero attached hydrogens (tertiary/aromatic N) is 1. The summed E-state index contributed by atoms with van der Waals surface area (Å²) < 4.78 is 5.53. The Morgan fingerprint density at radius 3 is 2.52 bits per heavy atom. The number of hydrogen-bond donors (Lipinski definition) is 1. The lowest BCUT2D eigenvalue weighted by Gasteiger charge is -2.35. The van der Waals surface area contributed by atoms with Crippen LogP contribution in [0.1, 0.15) is 51.7 Å². The topological polar surface area (TPSA) is 24.5 Å². The Labute approximate surface area is 130 Å². The summed E-state index contributed by atoms with van der Waals surface area (Å²) in [5, 5.41) is 3.46. The quantitative estimate of drug-likeness (QED) is 0.700. The van der Waals surface area contributed by atoms with E-state index < -0.39 is 0 Å². The molecule has 0 aliphatic carbocycles. The van der Waals surface area contributed by atoms with Crippen molar-refractivity contribution < 1.29 is 4.74 Å². The standard InChI is InChI=1S/C18H32N2O/c1-7-11-19-13-15-9-10-17(21-6)16(12-15)14-20(5)18(3,4)8-2/h9-10,12,19H,7-8,11,13-14H2,1-6H3. The molecule has 1 aromatic rings. The second kappa shape index (κ2) is 8.40. The summed E-state index contributed by atoms with van der Waals surface area (Å²) in [6.45, 7) is 11.9. The van der Waals surface area contributed by atoms with Crippen molar-refractivity contribution in [2.24, 2.45) is 0 Å². The van der Waals surface area contributed by atoms with Crippen molar-refractivity contribution in [2.45, 2.75) is 59.2 Å². The van der Waals surface area contributed by atoms with E-state index in [-0.39, 0.29) is 5.54 Å². The number of benzene rings is 1. The maximum atomic E-state index is 5.53. The summed E-state index contributed by atoms with van der Waals surface area (Å²) in [7, 11) is 3.93. The normalized spacial score (nSPS) is 12.0. The first kappa shape index (κ1) is 18.0. The fourth-order valence-electron chi connectivity index (χ4n) is 2.21. The van der Waals surface area contributed by atoms with E-state index in [2.05, 4.69) is 63.2 Å². The van der Waals surface area contributed by atoms with Crippen molar-refractivity contribution in [1.82, 2.24) is 10.2 Å². The highest BCUT2D eigenvalue weighted by Crippen LogP contribution is 2.25. The predicted octanol–water partition coefficient (Wildman–Crippen LogP) is 3.82. The average Bonchev–Trinajstić information content (AvgIpc) is 2.47. The van der Waals surface area contributed by atoms with Crippen LogP contribution in [0.5, 0.6) is 5.75 Å². The molecule has 1 aromatic carbocycles. The summed E-state index contributed by atoms with van der Waals surface area (Å²) >= 11 is 0. The van der Waals surface area contributed by atoms with Crippen LogP contribution in [0.3, 0.4) is 0 Å². The second-order valence-electron chi connectivity index (χ2n) is 6.35. The summed E-state index contributed by atoms with van der Waals surface area (Å²) in [6, 6.07) is 6.50. The Bertz CT molecular complexity index is 429. The van der Waals surface area contributed by atoms with Gasteiger partial charge in [0.15, 0.2) is 0 Å². The zero-order chi connectivity index (χ0) is 15.9. The highest BCUT2D eigenvalue weighted by molar-refractivity contribution is 5.37. The van der Waals surface area contributed by atoms with Gasteiger partial charge in [-0.25, -0.2) is 0 Å². The minimum Gasteiger partial charge on any atom is -0.496 e. The minimum atomic E-state index is 0.196.